The minimum atomic E-state index is -0.114. The molecule has 2 aliphatic rings. The molecule has 27 heavy (non-hydrogen) atoms. The maximum absolute atomic E-state index is 12.8. The molecule has 136 valence electrons. The van der Waals surface area contributed by atoms with Crippen LogP contribution in [0.25, 0.3) is 5.70 Å². The lowest BCUT2D eigenvalue weighted by Gasteiger charge is -2.41. The van der Waals surface area contributed by atoms with Crippen molar-refractivity contribution in [2.75, 3.05) is 0 Å². The van der Waals surface area contributed by atoms with Crippen molar-refractivity contribution in [1.29, 1.82) is 5.26 Å². The van der Waals surface area contributed by atoms with Gasteiger partial charge in [-0.15, -0.1) is 0 Å². The Bertz CT molecular complexity index is 915. The van der Waals surface area contributed by atoms with Crippen LogP contribution in [0.15, 0.2) is 60.2 Å². The van der Waals surface area contributed by atoms with Gasteiger partial charge in [0.1, 0.15) is 0 Å². The molecule has 0 radical (unpaired) electrons. The number of amides is 1. The van der Waals surface area contributed by atoms with Gasteiger partial charge in [0, 0.05) is 11.0 Å². The summed E-state index contributed by atoms with van der Waals surface area (Å²) < 4.78 is 0. The summed E-state index contributed by atoms with van der Waals surface area (Å²) in [6, 6.07) is 20.4. The largest absolute Gasteiger partial charge is 0.324 e. The van der Waals surface area contributed by atoms with E-state index in [4.69, 9.17) is 0 Å². The van der Waals surface area contributed by atoms with Crippen molar-refractivity contribution < 1.29 is 4.79 Å². The summed E-state index contributed by atoms with van der Waals surface area (Å²) in [4.78, 5) is 12.8. The van der Waals surface area contributed by atoms with E-state index in [9.17, 15) is 10.1 Å². The topological polar surface area (TPSA) is 52.9 Å². The molecule has 0 bridgehead atoms. The second kappa shape index (κ2) is 7.40. The van der Waals surface area contributed by atoms with E-state index in [-0.39, 0.29) is 11.3 Å². The Balaban J connectivity index is 1.71. The predicted octanol–water partition coefficient (Wildman–Crippen LogP) is 4.79. The highest BCUT2D eigenvalue weighted by molar-refractivity contribution is 5.91. The van der Waals surface area contributed by atoms with E-state index >= 15 is 0 Å². The first kappa shape index (κ1) is 17.5. The first-order valence-electron chi connectivity index (χ1n) is 9.79. The molecule has 1 saturated carbocycles. The van der Waals surface area contributed by atoms with Crippen LogP contribution in [0.2, 0.25) is 0 Å². The van der Waals surface area contributed by atoms with Crippen molar-refractivity contribution in [3.63, 3.8) is 0 Å². The molecular weight excluding hydrogens is 332 g/mol. The van der Waals surface area contributed by atoms with Crippen molar-refractivity contribution in [2.24, 2.45) is 5.41 Å². The van der Waals surface area contributed by atoms with Gasteiger partial charge in [-0.3, -0.25) is 4.79 Å². The van der Waals surface area contributed by atoms with Crippen LogP contribution in [0.1, 0.15) is 48.8 Å². The fourth-order valence-electron chi connectivity index (χ4n) is 4.70. The maximum Gasteiger partial charge on any atom is 0.228 e. The molecule has 2 aromatic carbocycles. The van der Waals surface area contributed by atoms with Crippen LogP contribution in [0.5, 0.6) is 0 Å². The molecule has 1 N–H and O–H groups in total. The van der Waals surface area contributed by atoms with Gasteiger partial charge in [0.25, 0.3) is 0 Å². The number of hydrogen-bond donors (Lipinski definition) is 1. The van der Waals surface area contributed by atoms with Crippen LogP contribution in [-0.2, 0) is 17.6 Å². The third kappa shape index (κ3) is 3.40. The fourth-order valence-corrected chi connectivity index (χ4v) is 4.70. The summed E-state index contributed by atoms with van der Waals surface area (Å²) in [6.45, 7) is 0. The molecule has 0 unspecified atom stereocenters. The number of nitrogens with one attached hydrogen (secondary N) is 1. The Hall–Kier alpha value is -2.86. The van der Waals surface area contributed by atoms with E-state index in [0.717, 1.165) is 54.5 Å². The highest BCUT2D eigenvalue weighted by Gasteiger charge is 2.42. The Morgan fingerprint density at radius 1 is 1.00 bits per heavy atom. The lowest BCUT2D eigenvalue weighted by molar-refractivity contribution is -0.119. The number of benzene rings is 2. The minimum absolute atomic E-state index is 0.0633. The first-order valence-corrected chi connectivity index (χ1v) is 9.79. The van der Waals surface area contributed by atoms with Crippen molar-refractivity contribution in [3.05, 3.63) is 76.9 Å². The van der Waals surface area contributed by atoms with Crippen molar-refractivity contribution >= 4 is 11.6 Å². The Kier molecular flexibility index (Phi) is 4.81. The third-order valence-electron chi connectivity index (χ3n) is 5.99. The quantitative estimate of drug-likeness (QED) is 0.860. The monoisotopic (exact) mass is 356 g/mol. The van der Waals surface area contributed by atoms with Gasteiger partial charge in [-0.25, -0.2) is 0 Å². The molecule has 1 fully saturated rings. The van der Waals surface area contributed by atoms with Crippen LogP contribution < -0.4 is 5.32 Å². The van der Waals surface area contributed by atoms with Gasteiger partial charge in [-0.05, 0) is 30.4 Å². The zero-order valence-corrected chi connectivity index (χ0v) is 15.5. The van der Waals surface area contributed by atoms with Gasteiger partial charge in [-0.1, -0.05) is 73.9 Å². The molecular formula is C24H24N2O. The lowest BCUT2D eigenvalue weighted by atomic mass is 9.62. The molecule has 4 rings (SSSR count). The molecule has 2 aromatic rings. The average molecular weight is 356 g/mol. The third-order valence-corrected chi connectivity index (χ3v) is 5.99. The molecule has 0 aliphatic heterocycles. The maximum atomic E-state index is 12.8. The second-order valence-electron chi connectivity index (χ2n) is 7.75. The number of allylic oxidation sites excluding steroid dienone is 1. The first-order chi connectivity index (χ1) is 13.2. The molecule has 0 atom stereocenters. The Morgan fingerprint density at radius 2 is 1.70 bits per heavy atom. The van der Waals surface area contributed by atoms with Gasteiger partial charge in [0.2, 0.25) is 5.91 Å². The van der Waals surface area contributed by atoms with Crippen LogP contribution >= 0.6 is 0 Å². The summed E-state index contributed by atoms with van der Waals surface area (Å²) in [6.07, 6.45) is 6.82. The van der Waals surface area contributed by atoms with Crippen LogP contribution in [0, 0.1) is 16.7 Å². The number of nitrogens with zero attached hydrogens (tertiary/aromatic N) is 1. The molecule has 0 saturated heterocycles. The van der Waals surface area contributed by atoms with E-state index in [1.54, 1.807) is 0 Å². The standard InChI is InChI=1S/C24H24N2O/c25-17-21-23(26-22(27)15-18-9-3-1-4-10-18)20-12-6-5-11-19(20)16-24(21)13-7-2-8-14-24/h1,3-6,9-12H,2,7-8,13-16H2,(H,26,27). The minimum Gasteiger partial charge on any atom is -0.324 e. The molecule has 2 aliphatic carbocycles. The summed E-state index contributed by atoms with van der Waals surface area (Å²) >= 11 is 0. The van der Waals surface area contributed by atoms with Gasteiger partial charge < -0.3 is 5.32 Å². The van der Waals surface area contributed by atoms with Crippen molar-refractivity contribution in [1.82, 2.24) is 5.32 Å². The number of rotatable bonds is 3. The number of fused-ring (bicyclic) bond motifs is 1. The summed E-state index contributed by atoms with van der Waals surface area (Å²) in [5, 5.41) is 13.2. The zero-order chi connectivity index (χ0) is 18.7. The molecule has 3 nitrogen and oxygen atoms in total. The van der Waals surface area contributed by atoms with Gasteiger partial charge in [0.15, 0.2) is 0 Å². The van der Waals surface area contributed by atoms with Crippen molar-refractivity contribution in [2.45, 2.75) is 44.9 Å². The molecule has 0 heterocycles. The van der Waals surface area contributed by atoms with E-state index in [1.807, 2.05) is 42.5 Å². The molecule has 1 spiro atoms. The molecule has 0 aromatic heterocycles. The lowest BCUT2D eigenvalue weighted by Crippen LogP contribution is -2.37. The van der Waals surface area contributed by atoms with Gasteiger partial charge in [-0.2, -0.15) is 5.26 Å². The fraction of sp³-hybridized carbons (Fsp3) is 0.333. The number of nitriles is 1. The van der Waals surface area contributed by atoms with Crippen LogP contribution in [-0.4, -0.2) is 5.91 Å². The highest BCUT2D eigenvalue weighted by atomic mass is 16.1. The summed E-state index contributed by atoms with van der Waals surface area (Å²) in [5.41, 5.74) is 4.63. The normalized spacial score (nSPS) is 17.9. The van der Waals surface area contributed by atoms with Crippen LogP contribution in [0.3, 0.4) is 0 Å². The Morgan fingerprint density at radius 3 is 2.44 bits per heavy atom. The van der Waals surface area contributed by atoms with Gasteiger partial charge in [0.05, 0.1) is 23.8 Å². The average Bonchev–Trinajstić information content (AvgIpc) is 2.69. The molecule has 3 heteroatoms. The van der Waals surface area contributed by atoms with E-state index in [1.165, 1.54) is 12.0 Å². The summed E-state index contributed by atoms with van der Waals surface area (Å²) in [5.74, 6) is -0.0633. The van der Waals surface area contributed by atoms with E-state index < -0.39 is 0 Å². The summed E-state index contributed by atoms with van der Waals surface area (Å²) in [7, 11) is 0. The smallest absolute Gasteiger partial charge is 0.228 e. The number of carbonyl (C=O) groups is 1. The predicted molar refractivity (Wildman–Crippen MR) is 106 cm³/mol. The SMILES string of the molecule is N#CC1=C(NC(=O)Cc2ccccc2)c2ccccc2CC12CCCCC2. The zero-order valence-electron chi connectivity index (χ0n) is 15.5. The second-order valence-corrected chi connectivity index (χ2v) is 7.75. The molecule has 1 amide bonds. The van der Waals surface area contributed by atoms with Crippen molar-refractivity contribution in [3.8, 4) is 6.07 Å². The number of carbonyl (C=O) groups excluding carboxylic acids is 1. The highest BCUT2D eigenvalue weighted by Crippen LogP contribution is 2.50. The van der Waals surface area contributed by atoms with E-state index in [0.29, 0.717) is 6.42 Å². The van der Waals surface area contributed by atoms with Gasteiger partial charge >= 0.3 is 0 Å². The Labute approximate surface area is 160 Å². The van der Waals surface area contributed by atoms with E-state index in [2.05, 4.69) is 23.5 Å². The number of hydrogen-bond acceptors (Lipinski definition) is 2. The van der Waals surface area contributed by atoms with Crippen LogP contribution in [0.4, 0.5) is 0 Å².